The van der Waals surface area contributed by atoms with Crippen molar-refractivity contribution in [3.63, 3.8) is 0 Å². The number of nitrogens with one attached hydrogen (secondary N) is 1. The van der Waals surface area contributed by atoms with Crippen molar-refractivity contribution in [2.24, 2.45) is 5.92 Å². The Bertz CT molecular complexity index is 1140. The lowest BCUT2D eigenvalue weighted by atomic mass is 10.0. The predicted octanol–water partition coefficient (Wildman–Crippen LogP) is 3.23. The molecule has 8 nitrogen and oxygen atoms in total. The molecule has 2 atom stereocenters. The Kier molecular flexibility index (Phi) is 5.84. The van der Waals surface area contributed by atoms with Crippen molar-refractivity contribution in [1.29, 1.82) is 0 Å². The van der Waals surface area contributed by atoms with Crippen LogP contribution in [0.5, 0.6) is 5.88 Å². The van der Waals surface area contributed by atoms with E-state index in [1.165, 1.54) is 0 Å². The van der Waals surface area contributed by atoms with Crippen LogP contribution in [0, 0.1) is 5.92 Å². The molecule has 0 spiro atoms. The van der Waals surface area contributed by atoms with E-state index in [1.807, 2.05) is 31.2 Å². The van der Waals surface area contributed by atoms with Gasteiger partial charge in [0.1, 0.15) is 17.9 Å². The lowest BCUT2D eigenvalue weighted by Gasteiger charge is -2.28. The van der Waals surface area contributed by atoms with Crippen LogP contribution in [0.15, 0.2) is 36.7 Å². The maximum absolute atomic E-state index is 13.6. The fraction of sp³-hybridized carbons (Fsp3) is 0.435. The van der Waals surface area contributed by atoms with E-state index >= 15 is 0 Å². The fourth-order valence-corrected chi connectivity index (χ4v) is 4.30. The average molecular weight is 457 g/mol. The van der Waals surface area contributed by atoms with Gasteiger partial charge in [0.15, 0.2) is 0 Å². The van der Waals surface area contributed by atoms with Crippen molar-refractivity contribution < 1.29 is 23.0 Å². The molecule has 0 aliphatic carbocycles. The molecule has 2 aliphatic rings. The Morgan fingerprint density at radius 3 is 2.64 bits per heavy atom. The molecule has 2 unspecified atom stereocenters. The second-order valence-electron chi connectivity index (χ2n) is 8.35. The zero-order valence-corrected chi connectivity index (χ0v) is 18.2. The molecule has 174 valence electrons. The van der Waals surface area contributed by atoms with Crippen LogP contribution in [0.1, 0.15) is 19.9 Å². The fourth-order valence-electron chi connectivity index (χ4n) is 4.30. The molecular weight excluding hydrogens is 432 g/mol. The summed E-state index contributed by atoms with van der Waals surface area (Å²) in [5.74, 6) is -0.0153. The van der Waals surface area contributed by atoms with E-state index in [0.717, 1.165) is 35.2 Å². The second kappa shape index (κ2) is 8.93. The molecule has 1 amide bonds. The minimum Gasteiger partial charge on any atom is -0.473 e. The number of carbonyl (C=O) groups is 1. The zero-order chi connectivity index (χ0) is 22.9. The standard InChI is InChI=1S/C23H25F2N5O3/c1-14(16-10-20(31)26-12-16)33-22-21-19(27-13-30(21)23(24)25)11-18(28-22)15-2-4-17(5-3-15)29-6-8-32-9-7-29/h2-5,11,13-14,16,23H,6-10,12H2,1H3,(H,26,31). The van der Waals surface area contributed by atoms with Gasteiger partial charge in [0.2, 0.25) is 11.8 Å². The highest BCUT2D eigenvalue weighted by Gasteiger charge is 2.29. The summed E-state index contributed by atoms with van der Waals surface area (Å²) < 4.78 is 39.5. The molecule has 0 saturated carbocycles. The van der Waals surface area contributed by atoms with Gasteiger partial charge in [-0.2, -0.15) is 8.78 Å². The second-order valence-corrected chi connectivity index (χ2v) is 8.35. The molecule has 0 bridgehead atoms. The van der Waals surface area contributed by atoms with Crippen molar-refractivity contribution in [2.45, 2.75) is 26.0 Å². The number of imidazole rings is 1. The highest BCUT2D eigenvalue weighted by atomic mass is 19.3. The number of benzene rings is 1. The van der Waals surface area contributed by atoms with E-state index in [2.05, 4.69) is 20.2 Å². The topological polar surface area (TPSA) is 81.5 Å². The number of rotatable bonds is 6. The Morgan fingerprint density at radius 1 is 1.21 bits per heavy atom. The summed E-state index contributed by atoms with van der Waals surface area (Å²) in [6.45, 7) is 2.61. The number of ether oxygens (including phenoxy) is 2. The number of hydrogen-bond donors (Lipinski definition) is 1. The summed E-state index contributed by atoms with van der Waals surface area (Å²) in [4.78, 5) is 22.6. The van der Waals surface area contributed by atoms with Crippen LogP contribution < -0.4 is 15.0 Å². The molecule has 3 aromatic rings. The van der Waals surface area contributed by atoms with Crippen LogP contribution in [-0.2, 0) is 9.53 Å². The Hall–Kier alpha value is -3.27. The van der Waals surface area contributed by atoms with E-state index < -0.39 is 6.55 Å². The van der Waals surface area contributed by atoms with Crippen molar-refractivity contribution >= 4 is 22.6 Å². The monoisotopic (exact) mass is 457 g/mol. The first-order valence-electron chi connectivity index (χ1n) is 11.0. The summed E-state index contributed by atoms with van der Waals surface area (Å²) in [5.41, 5.74) is 3.02. The van der Waals surface area contributed by atoms with Crippen LogP contribution in [-0.4, -0.2) is 59.4 Å². The van der Waals surface area contributed by atoms with Crippen molar-refractivity contribution in [3.8, 4) is 17.1 Å². The van der Waals surface area contributed by atoms with Crippen LogP contribution in [0.2, 0.25) is 0 Å². The third-order valence-electron chi connectivity index (χ3n) is 6.24. The molecule has 2 aliphatic heterocycles. The number of alkyl halides is 2. The molecule has 33 heavy (non-hydrogen) atoms. The van der Waals surface area contributed by atoms with Gasteiger partial charge in [-0.3, -0.25) is 9.36 Å². The number of halogens is 2. The number of aromatic nitrogens is 3. The maximum atomic E-state index is 13.6. The molecule has 1 aromatic carbocycles. The smallest absolute Gasteiger partial charge is 0.320 e. The Labute approximate surface area is 189 Å². The molecule has 5 rings (SSSR count). The molecular formula is C23H25F2N5O3. The zero-order valence-electron chi connectivity index (χ0n) is 18.2. The van der Waals surface area contributed by atoms with E-state index in [4.69, 9.17) is 9.47 Å². The van der Waals surface area contributed by atoms with Crippen LogP contribution in [0.25, 0.3) is 22.3 Å². The van der Waals surface area contributed by atoms with Gasteiger partial charge in [-0.05, 0) is 25.1 Å². The predicted molar refractivity (Wildman–Crippen MR) is 118 cm³/mol. The van der Waals surface area contributed by atoms with E-state index in [0.29, 0.717) is 37.4 Å². The number of amides is 1. The molecule has 2 aromatic heterocycles. The Morgan fingerprint density at radius 2 is 1.97 bits per heavy atom. The van der Waals surface area contributed by atoms with Gasteiger partial charge in [-0.25, -0.2) is 9.97 Å². The number of nitrogens with zero attached hydrogens (tertiary/aromatic N) is 4. The molecule has 2 saturated heterocycles. The Balaban J connectivity index is 1.48. The number of anilines is 1. The summed E-state index contributed by atoms with van der Waals surface area (Å²) in [7, 11) is 0. The third-order valence-corrected chi connectivity index (χ3v) is 6.24. The number of morpholine rings is 1. The SMILES string of the molecule is CC(Oc1nc(-c2ccc(N3CCOCC3)cc2)cc2ncn(C(F)F)c12)C1CNC(=O)C1. The average Bonchev–Trinajstić information content (AvgIpc) is 3.46. The first kappa shape index (κ1) is 21.6. The van der Waals surface area contributed by atoms with Gasteiger partial charge >= 0.3 is 6.55 Å². The number of hydrogen-bond acceptors (Lipinski definition) is 6. The van der Waals surface area contributed by atoms with E-state index in [1.54, 1.807) is 6.07 Å². The van der Waals surface area contributed by atoms with Gasteiger partial charge in [-0.15, -0.1) is 0 Å². The van der Waals surface area contributed by atoms with Gasteiger partial charge in [0.25, 0.3) is 0 Å². The molecule has 0 radical (unpaired) electrons. The maximum Gasteiger partial charge on any atom is 0.320 e. The van der Waals surface area contributed by atoms with Gasteiger partial charge in [0.05, 0.1) is 24.4 Å². The first-order valence-corrected chi connectivity index (χ1v) is 11.0. The third kappa shape index (κ3) is 4.35. The van der Waals surface area contributed by atoms with Gasteiger partial charge in [-0.1, -0.05) is 12.1 Å². The largest absolute Gasteiger partial charge is 0.473 e. The van der Waals surface area contributed by atoms with Crippen LogP contribution in [0.3, 0.4) is 0 Å². The lowest BCUT2D eigenvalue weighted by molar-refractivity contribution is -0.119. The number of pyridine rings is 1. The van der Waals surface area contributed by atoms with Crippen molar-refractivity contribution in [3.05, 3.63) is 36.7 Å². The number of fused-ring (bicyclic) bond motifs is 1. The van der Waals surface area contributed by atoms with Crippen molar-refractivity contribution in [2.75, 3.05) is 37.7 Å². The van der Waals surface area contributed by atoms with Crippen LogP contribution >= 0.6 is 0 Å². The highest BCUT2D eigenvalue weighted by Crippen LogP contribution is 2.33. The molecule has 2 fully saturated rings. The quantitative estimate of drug-likeness (QED) is 0.612. The summed E-state index contributed by atoms with van der Waals surface area (Å²) >= 11 is 0. The highest BCUT2D eigenvalue weighted by molar-refractivity contribution is 5.85. The van der Waals surface area contributed by atoms with E-state index in [-0.39, 0.29) is 29.3 Å². The molecule has 4 heterocycles. The number of carbonyl (C=O) groups excluding carboxylic acids is 1. The van der Waals surface area contributed by atoms with Gasteiger partial charge in [0, 0.05) is 43.2 Å². The minimum atomic E-state index is -2.78. The molecule has 10 heteroatoms. The summed E-state index contributed by atoms with van der Waals surface area (Å²) in [6, 6.07) is 9.63. The summed E-state index contributed by atoms with van der Waals surface area (Å²) in [5, 5.41) is 2.78. The summed E-state index contributed by atoms with van der Waals surface area (Å²) in [6.07, 6.45) is 1.04. The first-order chi connectivity index (χ1) is 16.0. The van der Waals surface area contributed by atoms with Gasteiger partial charge < -0.3 is 19.7 Å². The molecule has 1 N–H and O–H groups in total. The minimum absolute atomic E-state index is 0.0414. The van der Waals surface area contributed by atoms with Crippen LogP contribution in [0.4, 0.5) is 14.5 Å². The van der Waals surface area contributed by atoms with Crippen molar-refractivity contribution in [1.82, 2.24) is 19.9 Å². The lowest BCUT2D eigenvalue weighted by Crippen LogP contribution is -2.36. The normalized spacial score (nSPS) is 19.8. The van der Waals surface area contributed by atoms with E-state index in [9.17, 15) is 13.6 Å².